The number of aliphatic carboxylic acids is 1. The highest BCUT2D eigenvalue weighted by molar-refractivity contribution is 5.67. The van der Waals surface area contributed by atoms with E-state index in [1.54, 1.807) is 0 Å². The molecule has 0 amide bonds. The summed E-state index contributed by atoms with van der Waals surface area (Å²) >= 11 is 0. The summed E-state index contributed by atoms with van der Waals surface area (Å²) in [6, 6.07) is 0.598. The van der Waals surface area contributed by atoms with E-state index in [1.807, 2.05) is 0 Å². The first-order valence-corrected chi connectivity index (χ1v) is 4.55. The average Bonchev–Trinajstić information content (AvgIpc) is 2.14. The molecule has 0 aliphatic rings. The summed E-state index contributed by atoms with van der Waals surface area (Å²) in [4.78, 5) is 10.4. The number of alkyl halides is 3. The lowest BCUT2D eigenvalue weighted by atomic mass is 10.0. The number of hydrogen-bond acceptors (Lipinski definition) is 2. The summed E-state index contributed by atoms with van der Waals surface area (Å²) < 4.78 is 50.0. The molecule has 0 aliphatic heterocycles. The Bertz CT molecular complexity index is 431. The Hall–Kier alpha value is -1.63. The lowest BCUT2D eigenvalue weighted by Gasteiger charge is -2.13. The summed E-state index contributed by atoms with van der Waals surface area (Å²) in [5, 5.41) is 8.45. The van der Waals surface area contributed by atoms with Gasteiger partial charge in [-0.15, -0.1) is 0 Å². The number of carbonyl (C=O) groups is 1. The second-order valence-corrected chi connectivity index (χ2v) is 3.48. The van der Waals surface area contributed by atoms with Crippen molar-refractivity contribution < 1.29 is 27.5 Å². The Labute approximate surface area is 93.8 Å². The molecule has 3 nitrogen and oxygen atoms in total. The molecular formula is C10H9F4NO2. The van der Waals surface area contributed by atoms with Gasteiger partial charge in [-0.05, 0) is 23.8 Å². The van der Waals surface area contributed by atoms with Crippen LogP contribution in [0.2, 0.25) is 0 Å². The van der Waals surface area contributed by atoms with Crippen LogP contribution in [0.5, 0.6) is 0 Å². The zero-order valence-electron chi connectivity index (χ0n) is 8.46. The molecule has 17 heavy (non-hydrogen) atoms. The first kappa shape index (κ1) is 13.4. The molecule has 0 spiro atoms. The maximum Gasteiger partial charge on any atom is 0.416 e. The number of carboxylic acids is 1. The van der Waals surface area contributed by atoms with Crippen molar-refractivity contribution in [2.45, 2.75) is 18.6 Å². The third-order valence-corrected chi connectivity index (χ3v) is 2.07. The van der Waals surface area contributed by atoms with Gasteiger partial charge in [0, 0.05) is 6.04 Å². The highest BCUT2D eigenvalue weighted by Gasteiger charge is 2.31. The zero-order chi connectivity index (χ0) is 13.2. The van der Waals surface area contributed by atoms with Gasteiger partial charge >= 0.3 is 12.1 Å². The molecule has 0 radical (unpaired) electrons. The van der Waals surface area contributed by atoms with E-state index < -0.39 is 36.0 Å². The molecular weight excluding hydrogens is 242 g/mol. The second-order valence-electron chi connectivity index (χ2n) is 3.48. The summed E-state index contributed by atoms with van der Waals surface area (Å²) in [5.74, 6) is -2.37. The summed E-state index contributed by atoms with van der Waals surface area (Å²) in [7, 11) is 0. The van der Waals surface area contributed by atoms with Gasteiger partial charge in [0.1, 0.15) is 5.82 Å². The van der Waals surface area contributed by atoms with Crippen molar-refractivity contribution in [3.05, 3.63) is 35.1 Å². The van der Waals surface area contributed by atoms with E-state index >= 15 is 0 Å². The highest BCUT2D eigenvalue weighted by Crippen LogP contribution is 2.31. The van der Waals surface area contributed by atoms with Crippen LogP contribution in [-0.4, -0.2) is 11.1 Å². The number of rotatable bonds is 3. The van der Waals surface area contributed by atoms with Gasteiger partial charge in [0.2, 0.25) is 0 Å². The van der Waals surface area contributed by atoms with Gasteiger partial charge in [0.15, 0.2) is 0 Å². The van der Waals surface area contributed by atoms with Crippen LogP contribution >= 0.6 is 0 Å². The number of carboxylic acid groups (broad SMARTS) is 1. The fourth-order valence-corrected chi connectivity index (χ4v) is 1.30. The fraction of sp³-hybridized carbons (Fsp3) is 0.300. The number of hydrogen-bond donors (Lipinski definition) is 2. The van der Waals surface area contributed by atoms with E-state index in [4.69, 9.17) is 10.8 Å². The van der Waals surface area contributed by atoms with E-state index in [0.29, 0.717) is 12.1 Å². The van der Waals surface area contributed by atoms with Gasteiger partial charge < -0.3 is 10.8 Å². The van der Waals surface area contributed by atoms with Crippen molar-refractivity contribution in [3.8, 4) is 0 Å². The Morgan fingerprint density at radius 2 is 1.94 bits per heavy atom. The van der Waals surface area contributed by atoms with E-state index in [9.17, 15) is 22.4 Å². The van der Waals surface area contributed by atoms with E-state index in [-0.39, 0.29) is 5.56 Å². The van der Waals surface area contributed by atoms with Crippen LogP contribution in [0.15, 0.2) is 18.2 Å². The lowest BCUT2D eigenvalue weighted by Crippen LogP contribution is -2.16. The first-order valence-electron chi connectivity index (χ1n) is 4.55. The summed E-state index contributed by atoms with van der Waals surface area (Å²) in [5.41, 5.74) is 3.98. The molecule has 0 aliphatic carbocycles. The third-order valence-electron chi connectivity index (χ3n) is 2.07. The maximum atomic E-state index is 13.0. The molecule has 0 fully saturated rings. The lowest BCUT2D eigenvalue weighted by molar-refractivity contribution is -0.138. The molecule has 1 rings (SSSR count). The molecule has 1 atom stereocenters. The molecule has 1 aromatic rings. The molecule has 0 saturated heterocycles. The molecule has 0 saturated carbocycles. The molecule has 0 aromatic heterocycles. The molecule has 94 valence electrons. The summed E-state index contributed by atoms with van der Waals surface area (Å²) in [6.07, 6.45) is -5.26. The van der Waals surface area contributed by atoms with Crippen molar-refractivity contribution in [2.75, 3.05) is 0 Å². The van der Waals surface area contributed by atoms with Crippen LogP contribution in [0, 0.1) is 5.82 Å². The van der Waals surface area contributed by atoms with E-state index in [1.165, 1.54) is 0 Å². The van der Waals surface area contributed by atoms with Crippen molar-refractivity contribution in [1.29, 1.82) is 0 Å². The van der Waals surface area contributed by atoms with Gasteiger partial charge in [0.05, 0.1) is 12.0 Å². The van der Waals surface area contributed by atoms with Crippen molar-refractivity contribution >= 4 is 5.97 Å². The SMILES string of the molecule is N[C@H](CC(=O)O)c1cc(F)cc(C(F)(F)F)c1. The molecule has 3 N–H and O–H groups in total. The van der Waals surface area contributed by atoms with E-state index in [0.717, 1.165) is 6.07 Å². The maximum absolute atomic E-state index is 13.0. The zero-order valence-corrected chi connectivity index (χ0v) is 8.46. The minimum Gasteiger partial charge on any atom is -0.481 e. The number of benzene rings is 1. The Morgan fingerprint density at radius 3 is 2.41 bits per heavy atom. The number of halogens is 4. The van der Waals surface area contributed by atoms with Gasteiger partial charge in [-0.2, -0.15) is 13.2 Å². The van der Waals surface area contributed by atoms with Crippen LogP contribution in [0.25, 0.3) is 0 Å². The smallest absolute Gasteiger partial charge is 0.416 e. The largest absolute Gasteiger partial charge is 0.481 e. The van der Waals surface area contributed by atoms with Crippen molar-refractivity contribution in [2.24, 2.45) is 5.73 Å². The van der Waals surface area contributed by atoms with E-state index in [2.05, 4.69) is 0 Å². The van der Waals surface area contributed by atoms with Crippen LogP contribution in [0.3, 0.4) is 0 Å². The minimum absolute atomic E-state index is 0.195. The van der Waals surface area contributed by atoms with Gasteiger partial charge in [0.25, 0.3) is 0 Å². The van der Waals surface area contributed by atoms with Crippen molar-refractivity contribution in [3.63, 3.8) is 0 Å². The Morgan fingerprint density at radius 1 is 1.35 bits per heavy atom. The van der Waals surface area contributed by atoms with Gasteiger partial charge in [-0.25, -0.2) is 4.39 Å². The molecule has 7 heteroatoms. The van der Waals surface area contributed by atoms with Crippen LogP contribution in [0.4, 0.5) is 17.6 Å². The summed E-state index contributed by atoms with van der Waals surface area (Å²) in [6.45, 7) is 0. The monoisotopic (exact) mass is 251 g/mol. The molecule has 1 aromatic carbocycles. The fourth-order valence-electron chi connectivity index (χ4n) is 1.30. The minimum atomic E-state index is -4.69. The predicted octanol–water partition coefficient (Wildman–Crippen LogP) is 2.32. The molecule has 0 bridgehead atoms. The predicted molar refractivity (Wildman–Crippen MR) is 50.6 cm³/mol. The standard InChI is InChI=1S/C10H9F4NO2/c11-7-2-5(8(15)4-9(16)17)1-6(3-7)10(12,13)14/h1-3,8H,4,15H2,(H,16,17)/t8-/m1/s1. The third kappa shape index (κ3) is 3.70. The average molecular weight is 251 g/mol. The second kappa shape index (κ2) is 4.70. The van der Waals surface area contributed by atoms with Crippen LogP contribution in [-0.2, 0) is 11.0 Å². The highest BCUT2D eigenvalue weighted by atomic mass is 19.4. The van der Waals surface area contributed by atoms with Crippen LogP contribution < -0.4 is 5.73 Å². The normalized spacial score (nSPS) is 13.5. The quantitative estimate of drug-likeness (QED) is 0.810. The molecule has 0 heterocycles. The Kier molecular flexibility index (Phi) is 3.72. The molecule has 0 unspecified atom stereocenters. The van der Waals surface area contributed by atoms with Gasteiger partial charge in [-0.3, -0.25) is 4.79 Å². The van der Waals surface area contributed by atoms with Gasteiger partial charge in [-0.1, -0.05) is 0 Å². The Balaban J connectivity index is 3.09. The van der Waals surface area contributed by atoms with Crippen molar-refractivity contribution in [1.82, 2.24) is 0 Å². The van der Waals surface area contributed by atoms with Crippen LogP contribution in [0.1, 0.15) is 23.6 Å². The number of nitrogens with two attached hydrogens (primary N) is 1. The topological polar surface area (TPSA) is 63.3 Å². The first-order chi connectivity index (χ1) is 7.70.